The predicted octanol–water partition coefficient (Wildman–Crippen LogP) is 1.66. The number of piperidine rings is 1. The highest BCUT2D eigenvalue weighted by Gasteiger charge is 2.69. The van der Waals surface area contributed by atoms with E-state index >= 15 is 0 Å². The van der Waals surface area contributed by atoms with Crippen molar-refractivity contribution in [3.05, 3.63) is 34.6 Å². The van der Waals surface area contributed by atoms with Crippen LogP contribution in [0.4, 0.5) is 0 Å². The predicted molar refractivity (Wildman–Crippen MR) is 133 cm³/mol. The van der Waals surface area contributed by atoms with Gasteiger partial charge in [-0.05, 0) is 77.5 Å². The van der Waals surface area contributed by atoms with Crippen LogP contribution >= 0.6 is 0 Å². The summed E-state index contributed by atoms with van der Waals surface area (Å²) in [5.74, 6) is -0.427. The molecule has 1 aromatic carbocycles. The number of hydrogen-bond donors (Lipinski definition) is 5. The van der Waals surface area contributed by atoms with Crippen molar-refractivity contribution in [3.63, 3.8) is 0 Å². The van der Waals surface area contributed by atoms with Crippen LogP contribution in [0.15, 0.2) is 23.5 Å². The molecule has 0 unspecified atom stereocenters. The fraction of sp³-hybridized carbons (Fsp3) is 0.630. The second-order valence-electron chi connectivity index (χ2n) is 11.6. The summed E-state index contributed by atoms with van der Waals surface area (Å²) in [6.45, 7) is 8.07. The number of carbonyl (C=O) groups is 2. The molecule has 2 fully saturated rings. The fourth-order valence-corrected chi connectivity index (χ4v) is 6.63. The van der Waals surface area contributed by atoms with E-state index in [1.807, 2.05) is 6.07 Å². The zero-order chi connectivity index (χ0) is 26.2. The maximum absolute atomic E-state index is 13.1. The minimum Gasteiger partial charge on any atom is -0.508 e. The topological polar surface area (TPSA) is 131 Å². The molecule has 4 atom stereocenters. The molecular formula is C27H37N3O6. The van der Waals surface area contributed by atoms with Crippen molar-refractivity contribution in [1.29, 1.82) is 0 Å². The van der Waals surface area contributed by atoms with Gasteiger partial charge in [0.2, 0.25) is 5.91 Å². The summed E-state index contributed by atoms with van der Waals surface area (Å²) in [5, 5.41) is 39.6. The van der Waals surface area contributed by atoms with E-state index < -0.39 is 28.6 Å². The summed E-state index contributed by atoms with van der Waals surface area (Å²) in [7, 11) is 1.49. The Morgan fingerprint density at radius 1 is 1.28 bits per heavy atom. The average molecular weight is 500 g/mol. The van der Waals surface area contributed by atoms with Crippen LogP contribution in [0.2, 0.25) is 0 Å². The molecule has 2 bridgehead atoms. The molecule has 196 valence electrons. The summed E-state index contributed by atoms with van der Waals surface area (Å²) < 4.78 is 6.24. The Morgan fingerprint density at radius 3 is 2.61 bits per heavy atom. The molecule has 5 N–H and O–H groups in total. The van der Waals surface area contributed by atoms with Gasteiger partial charge in [-0.25, -0.2) is 0 Å². The quantitative estimate of drug-likeness (QED) is 0.297. The number of ether oxygens (including phenoxy) is 1. The summed E-state index contributed by atoms with van der Waals surface area (Å²) >= 11 is 0. The number of phenols is 1. The number of rotatable bonds is 6. The molecular weight excluding hydrogens is 462 g/mol. The maximum Gasteiger partial charge on any atom is 0.251 e. The smallest absolute Gasteiger partial charge is 0.251 e. The number of aromatic hydroxyl groups is 1. The van der Waals surface area contributed by atoms with E-state index in [0.29, 0.717) is 25.3 Å². The van der Waals surface area contributed by atoms with Gasteiger partial charge in [-0.1, -0.05) is 6.07 Å². The van der Waals surface area contributed by atoms with Crippen molar-refractivity contribution >= 4 is 11.8 Å². The second kappa shape index (κ2) is 8.11. The molecule has 1 spiro atoms. The second-order valence-corrected chi connectivity index (χ2v) is 11.6. The Hall–Kier alpha value is -2.78. The first-order chi connectivity index (χ1) is 16.8. The molecule has 1 saturated carbocycles. The van der Waals surface area contributed by atoms with Gasteiger partial charge in [0.25, 0.3) is 5.91 Å². The van der Waals surface area contributed by atoms with E-state index in [1.54, 1.807) is 26.8 Å². The molecule has 4 aliphatic rings. The van der Waals surface area contributed by atoms with Gasteiger partial charge in [0.1, 0.15) is 11.3 Å². The third-order valence-corrected chi connectivity index (χ3v) is 8.94. The van der Waals surface area contributed by atoms with Crippen molar-refractivity contribution in [3.8, 4) is 11.5 Å². The third-order valence-electron chi connectivity index (χ3n) is 8.94. The van der Waals surface area contributed by atoms with Gasteiger partial charge in [-0.3, -0.25) is 14.5 Å². The van der Waals surface area contributed by atoms with Crippen molar-refractivity contribution in [1.82, 2.24) is 15.5 Å². The lowest BCUT2D eigenvalue weighted by molar-refractivity contribution is -0.153. The maximum atomic E-state index is 13.1. The largest absolute Gasteiger partial charge is 0.508 e. The molecule has 9 heteroatoms. The monoisotopic (exact) mass is 499 g/mol. The van der Waals surface area contributed by atoms with E-state index in [0.717, 1.165) is 17.7 Å². The highest BCUT2D eigenvalue weighted by molar-refractivity contribution is 5.98. The third kappa shape index (κ3) is 3.43. The van der Waals surface area contributed by atoms with Crippen molar-refractivity contribution < 1.29 is 29.6 Å². The zero-order valence-corrected chi connectivity index (χ0v) is 21.6. The number of benzene rings is 1. The van der Waals surface area contributed by atoms with Gasteiger partial charge in [0, 0.05) is 25.2 Å². The Morgan fingerprint density at radius 2 is 1.97 bits per heavy atom. The Labute approximate surface area is 211 Å². The molecule has 2 heterocycles. The molecule has 36 heavy (non-hydrogen) atoms. The molecule has 1 aromatic rings. The van der Waals surface area contributed by atoms with Crippen LogP contribution in [-0.4, -0.2) is 75.5 Å². The highest BCUT2D eigenvalue weighted by atomic mass is 16.5. The highest BCUT2D eigenvalue weighted by Crippen LogP contribution is 2.63. The zero-order valence-electron chi connectivity index (χ0n) is 21.6. The van der Waals surface area contributed by atoms with Crippen LogP contribution in [0.5, 0.6) is 11.5 Å². The number of amides is 2. The van der Waals surface area contributed by atoms with Crippen LogP contribution in [0.25, 0.3) is 0 Å². The lowest BCUT2D eigenvalue weighted by Crippen LogP contribution is -2.73. The summed E-state index contributed by atoms with van der Waals surface area (Å²) in [4.78, 5) is 27.7. The van der Waals surface area contributed by atoms with Crippen LogP contribution in [0.3, 0.4) is 0 Å². The molecule has 0 aromatic heterocycles. The molecule has 1 saturated heterocycles. The lowest BCUT2D eigenvalue weighted by atomic mass is 9.53. The average Bonchev–Trinajstić information content (AvgIpc) is 3.56. The number of likely N-dealkylation sites (N-methyl/N-ethyl adjacent to an activating group) is 1. The van der Waals surface area contributed by atoms with E-state index in [-0.39, 0.29) is 34.8 Å². The SMILES string of the molecule is CNC(=O)C(C)(C)NC(=O)/C(C)=C(\O)[C@@H]1Oc2c(O)ccc3c2[C@@]12CCN(CC1CC1)[C@H](C3)[C@@]2(C)O. The number of nitrogens with one attached hydrogen (secondary N) is 2. The minimum absolute atomic E-state index is 0.00136. The standard InChI is InChI=1S/C27H37N3O6/c1-14(23(33)29-25(2,3)24(34)28-5)20(32)22-27-10-11-30(13-15-6-7-15)18(26(27,4)35)12-16-8-9-17(31)21(36-22)19(16)27/h8-9,15,18,22,31-32,35H,6-7,10-13H2,1-5H3,(H,28,34)(H,29,33)/b20-14-/t18-,22+,26-,27+/m1/s1. The number of likely N-dealkylation sites (tertiary alicyclic amines) is 1. The van der Waals surface area contributed by atoms with Crippen LogP contribution < -0.4 is 15.4 Å². The summed E-state index contributed by atoms with van der Waals surface area (Å²) in [5.41, 5.74) is -1.82. The first kappa shape index (κ1) is 24.9. The normalized spacial score (nSPS) is 31.7. The molecule has 5 rings (SSSR count). The van der Waals surface area contributed by atoms with Gasteiger partial charge >= 0.3 is 0 Å². The number of hydrogen-bond acceptors (Lipinski definition) is 7. The van der Waals surface area contributed by atoms with E-state index in [4.69, 9.17) is 4.74 Å². The molecule has 9 nitrogen and oxygen atoms in total. The van der Waals surface area contributed by atoms with Gasteiger partial charge in [-0.2, -0.15) is 0 Å². The van der Waals surface area contributed by atoms with Crippen LogP contribution in [0, 0.1) is 5.92 Å². The van der Waals surface area contributed by atoms with Gasteiger partial charge < -0.3 is 30.7 Å². The molecule has 0 radical (unpaired) electrons. The number of phenolic OH excluding ortho intramolecular Hbond substituents is 1. The molecule has 2 aliphatic heterocycles. The number of fused-ring (bicyclic) bond motifs is 1. The van der Waals surface area contributed by atoms with Gasteiger partial charge in [0.15, 0.2) is 17.6 Å². The van der Waals surface area contributed by atoms with Crippen LogP contribution in [-0.2, 0) is 21.4 Å². The van der Waals surface area contributed by atoms with Gasteiger partial charge in [0.05, 0.1) is 16.6 Å². The minimum atomic E-state index is -1.29. The number of carbonyl (C=O) groups excluding carboxylic acids is 2. The van der Waals surface area contributed by atoms with Crippen LogP contribution in [0.1, 0.15) is 58.1 Å². The number of nitrogens with zero attached hydrogens (tertiary/aromatic N) is 1. The molecule has 2 amide bonds. The van der Waals surface area contributed by atoms with E-state index in [1.165, 1.54) is 26.8 Å². The van der Waals surface area contributed by atoms with Crippen molar-refractivity contribution in [2.24, 2.45) is 5.92 Å². The first-order valence-electron chi connectivity index (χ1n) is 12.8. The van der Waals surface area contributed by atoms with E-state index in [9.17, 15) is 24.9 Å². The number of aliphatic hydroxyl groups excluding tert-OH is 1. The molecule has 2 aliphatic carbocycles. The first-order valence-corrected chi connectivity index (χ1v) is 12.8. The lowest BCUT2D eigenvalue weighted by Gasteiger charge is -2.59. The van der Waals surface area contributed by atoms with Gasteiger partial charge in [-0.15, -0.1) is 0 Å². The summed E-state index contributed by atoms with van der Waals surface area (Å²) in [6.07, 6.45) is 2.47. The Kier molecular flexibility index (Phi) is 5.61. The van der Waals surface area contributed by atoms with E-state index in [2.05, 4.69) is 15.5 Å². The van der Waals surface area contributed by atoms with Crippen molar-refractivity contribution in [2.75, 3.05) is 20.1 Å². The Balaban J connectivity index is 1.57. The Bertz CT molecular complexity index is 1150. The summed E-state index contributed by atoms with van der Waals surface area (Å²) in [6, 6.07) is 3.29. The number of aliphatic hydroxyl groups is 2. The fourth-order valence-electron chi connectivity index (χ4n) is 6.63. The van der Waals surface area contributed by atoms with Crippen molar-refractivity contribution in [2.45, 2.75) is 82.1 Å².